The lowest BCUT2D eigenvalue weighted by molar-refractivity contribution is -0.121. The molecule has 0 saturated carbocycles. The minimum absolute atomic E-state index is 0.197. The van der Waals surface area contributed by atoms with Gasteiger partial charge >= 0.3 is 0 Å². The van der Waals surface area contributed by atoms with E-state index in [4.69, 9.17) is 5.73 Å². The summed E-state index contributed by atoms with van der Waals surface area (Å²) in [6.07, 6.45) is 1.05. The summed E-state index contributed by atoms with van der Waals surface area (Å²) in [7, 11) is 0. The van der Waals surface area contributed by atoms with Crippen molar-refractivity contribution in [3.8, 4) is 0 Å². The third kappa shape index (κ3) is 5.97. The smallest absolute Gasteiger partial charge is 0.234 e. The first kappa shape index (κ1) is 13.4. The topological polar surface area (TPSA) is 55.1 Å². The molecule has 0 bridgehead atoms. The second kappa shape index (κ2) is 5.35. The number of hydrogen-bond acceptors (Lipinski definition) is 2. The molecule has 0 saturated heterocycles. The molecular formula is C11H24N2O. The van der Waals surface area contributed by atoms with Crippen LogP contribution >= 0.6 is 0 Å². The van der Waals surface area contributed by atoms with Crippen molar-refractivity contribution in [1.29, 1.82) is 0 Å². The van der Waals surface area contributed by atoms with E-state index >= 15 is 0 Å². The Labute approximate surface area is 87.4 Å². The first-order valence-electron chi connectivity index (χ1n) is 5.27. The van der Waals surface area contributed by atoms with Gasteiger partial charge in [-0.2, -0.15) is 0 Å². The van der Waals surface area contributed by atoms with E-state index in [0.29, 0.717) is 5.41 Å². The molecule has 0 fully saturated rings. The lowest BCUT2D eigenvalue weighted by atomic mass is 9.92. The number of nitrogens with one attached hydrogen (secondary N) is 1. The molecule has 0 heterocycles. The Morgan fingerprint density at radius 3 is 2.14 bits per heavy atom. The van der Waals surface area contributed by atoms with Crippen LogP contribution in [0.3, 0.4) is 0 Å². The minimum Gasteiger partial charge on any atom is -0.368 e. The summed E-state index contributed by atoms with van der Waals surface area (Å²) in [6, 6.07) is -0.197. The maximum absolute atomic E-state index is 11.1. The van der Waals surface area contributed by atoms with Gasteiger partial charge in [0.15, 0.2) is 0 Å². The molecule has 0 aromatic heterocycles. The molecule has 3 N–H and O–H groups in total. The highest BCUT2D eigenvalue weighted by molar-refractivity contribution is 5.80. The SMILES string of the molecule is CC(C)C(NCCC(C)(C)C)C(N)=O. The van der Waals surface area contributed by atoms with Crippen LogP contribution in [0.1, 0.15) is 41.0 Å². The number of carbonyl (C=O) groups excluding carboxylic acids is 1. The second-order valence-electron chi connectivity index (χ2n) is 5.39. The lowest BCUT2D eigenvalue weighted by Gasteiger charge is -2.23. The third-order valence-electron chi connectivity index (χ3n) is 2.21. The van der Waals surface area contributed by atoms with E-state index < -0.39 is 0 Å². The number of nitrogens with two attached hydrogens (primary N) is 1. The van der Waals surface area contributed by atoms with Crippen LogP contribution in [-0.4, -0.2) is 18.5 Å². The van der Waals surface area contributed by atoms with Crippen LogP contribution in [0.25, 0.3) is 0 Å². The van der Waals surface area contributed by atoms with Gasteiger partial charge in [-0.15, -0.1) is 0 Å². The monoisotopic (exact) mass is 200 g/mol. The Morgan fingerprint density at radius 1 is 1.36 bits per heavy atom. The first-order valence-corrected chi connectivity index (χ1v) is 5.27. The molecule has 0 aromatic rings. The van der Waals surface area contributed by atoms with E-state index in [1.54, 1.807) is 0 Å². The Bertz CT molecular complexity index is 182. The fourth-order valence-electron chi connectivity index (χ4n) is 1.27. The number of primary amides is 1. The van der Waals surface area contributed by atoms with Crippen molar-refractivity contribution in [2.24, 2.45) is 17.1 Å². The largest absolute Gasteiger partial charge is 0.368 e. The molecule has 0 spiro atoms. The van der Waals surface area contributed by atoms with Gasteiger partial charge in [0.2, 0.25) is 5.91 Å². The summed E-state index contributed by atoms with van der Waals surface area (Å²) in [5.74, 6) is 0.00128. The van der Waals surface area contributed by atoms with Crippen LogP contribution < -0.4 is 11.1 Å². The number of rotatable bonds is 5. The predicted molar refractivity (Wildman–Crippen MR) is 59.9 cm³/mol. The fourth-order valence-corrected chi connectivity index (χ4v) is 1.27. The van der Waals surface area contributed by atoms with Crippen LogP contribution in [0.15, 0.2) is 0 Å². The molecule has 84 valence electrons. The zero-order chi connectivity index (χ0) is 11.4. The Kier molecular flexibility index (Phi) is 5.13. The molecule has 0 aromatic carbocycles. The summed E-state index contributed by atoms with van der Waals surface area (Å²) >= 11 is 0. The highest BCUT2D eigenvalue weighted by Gasteiger charge is 2.19. The van der Waals surface area contributed by atoms with Crippen molar-refractivity contribution < 1.29 is 4.79 Å². The van der Waals surface area contributed by atoms with E-state index in [2.05, 4.69) is 26.1 Å². The zero-order valence-electron chi connectivity index (χ0n) is 10.1. The van der Waals surface area contributed by atoms with Crippen molar-refractivity contribution in [3.63, 3.8) is 0 Å². The first-order chi connectivity index (χ1) is 6.24. The minimum atomic E-state index is -0.256. The number of amides is 1. The van der Waals surface area contributed by atoms with Crippen molar-refractivity contribution in [1.82, 2.24) is 5.32 Å². The van der Waals surface area contributed by atoms with Gasteiger partial charge in [-0.05, 0) is 24.3 Å². The van der Waals surface area contributed by atoms with Crippen LogP contribution in [0, 0.1) is 11.3 Å². The molecule has 0 aliphatic heterocycles. The third-order valence-corrected chi connectivity index (χ3v) is 2.21. The predicted octanol–water partition coefficient (Wildman–Crippen LogP) is 1.52. The zero-order valence-corrected chi connectivity index (χ0v) is 10.1. The van der Waals surface area contributed by atoms with E-state index in [-0.39, 0.29) is 17.9 Å². The molecular weight excluding hydrogens is 176 g/mol. The molecule has 0 aliphatic rings. The molecule has 0 radical (unpaired) electrons. The molecule has 1 unspecified atom stereocenters. The maximum Gasteiger partial charge on any atom is 0.234 e. The number of hydrogen-bond donors (Lipinski definition) is 2. The van der Waals surface area contributed by atoms with Crippen molar-refractivity contribution >= 4 is 5.91 Å². The van der Waals surface area contributed by atoms with E-state index in [1.807, 2.05) is 13.8 Å². The Balaban J connectivity index is 3.90. The van der Waals surface area contributed by atoms with Gasteiger partial charge in [0, 0.05) is 0 Å². The summed E-state index contributed by atoms with van der Waals surface area (Å²) in [5, 5.41) is 3.20. The lowest BCUT2D eigenvalue weighted by Crippen LogP contribution is -2.45. The van der Waals surface area contributed by atoms with Crippen LogP contribution in [0.4, 0.5) is 0 Å². The van der Waals surface area contributed by atoms with Gasteiger partial charge in [0.05, 0.1) is 6.04 Å². The van der Waals surface area contributed by atoms with E-state index in [9.17, 15) is 4.79 Å². The molecule has 1 amide bonds. The summed E-state index contributed by atoms with van der Waals surface area (Å²) in [5.41, 5.74) is 5.58. The quantitative estimate of drug-likeness (QED) is 0.707. The molecule has 0 aliphatic carbocycles. The van der Waals surface area contributed by atoms with Gasteiger partial charge < -0.3 is 11.1 Å². The normalized spacial score (nSPS) is 14.4. The Morgan fingerprint density at radius 2 is 1.86 bits per heavy atom. The second-order valence-corrected chi connectivity index (χ2v) is 5.39. The summed E-state index contributed by atoms with van der Waals surface area (Å²) in [6.45, 7) is 11.4. The summed E-state index contributed by atoms with van der Waals surface area (Å²) in [4.78, 5) is 11.1. The summed E-state index contributed by atoms with van der Waals surface area (Å²) < 4.78 is 0. The molecule has 0 rings (SSSR count). The average molecular weight is 200 g/mol. The standard InChI is InChI=1S/C11H24N2O/c1-8(2)9(10(12)14)13-7-6-11(3,4)5/h8-9,13H,6-7H2,1-5H3,(H2,12,14). The maximum atomic E-state index is 11.1. The molecule has 14 heavy (non-hydrogen) atoms. The molecule has 3 nitrogen and oxygen atoms in total. The molecule has 1 atom stereocenters. The van der Waals surface area contributed by atoms with Gasteiger partial charge in [0.25, 0.3) is 0 Å². The van der Waals surface area contributed by atoms with E-state index in [1.165, 1.54) is 0 Å². The molecule has 3 heteroatoms. The number of carbonyl (C=O) groups is 1. The van der Waals surface area contributed by atoms with Crippen LogP contribution in [-0.2, 0) is 4.79 Å². The fraction of sp³-hybridized carbons (Fsp3) is 0.909. The van der Waals surface area contributed by atoms with Crippen LogP contribution in [0.2, 0.25) is 0 Å². The van der Waals surface area contributed by atoms with Gasteiger partial charge in [0.1, 0.15) is 0 Å². The van der Waals surface area contributed by atoms with Crippen molar-refractivity contribution in [2.75, 3.05) is 6.54 Å². The van der Waals surface area contributed by atoms with E-state index in [0.717, 1.165) is 13.0 Å². The van der Waals surface area contributed by atoms with Gasteiger partial charge in [-0.1, -0.05) is 34.6 Å². The highest BCUT2D eigenvalue weighted by atomic mass is 16.1. The van der Waals surface area contributed by atoms with Crippen molar-refractivity contribution in [2.45, 2.75) is 47.1 Å². The van der Waals surface area contributed by atoms with Gasteiger partial charge in [-0.25, -0.2) is 0 Å². The van der Waals surface area contributed by atoms with Crippen LogP contribution in [0.5, 0.6) is 0 Å². The average Bonchev–Trinajstić information content (AvgIpc) is 1.94. The highest BCUT2D eigenvalue weighted by Crippen LogP contribution is 2.17. The Hall–Kier alpha value is -0.570. The van der Waals surface area contributed by atoms with Crippen molar-refractivity contribution in [3.05, 3.63) is 0 Å². The van der Waals surface area contributed by atoms with Gasteiger partial charge in [-0.3, -0.25) is 4.79 Å².